The van der Waals surface area contributed by atoms with Crippen molar-refractivity contribution < 1.29 is 14.4 Å². The fourth-order valence-corrected chi connectivity index (χ4v) is 3.62. The number of aromatic nitrogens is 1. The first-order valence-corrected chi connectivity index (χ1v) is 9.98. The molecule has 1 aliphatic heterocycles. The van der Waals surface area contributed by atoms with Crippen molar-refractivity contribution in [2.24, 2.45) is 0 Å². The Morgan fingerprint density at radius 2 is 1.84 bits per heavy atom. The van der Waals surface area contributed by atoms with Crippen molar-refractivity contribution in [3.63, 3.8) is 0 Å². The molecule has 3 aromatic rings. The van der Waals surface area contributed by atoms with E-state index in [1.54, 1.807) is 48.8 Å². The summed E-state index contributed by atoms with van der Waals surface area (Å²) in [5.41, 5.74) is 2.85. The summed E-state index contributed by atoms with van der Waals surface area (Å²) in [6, 6.07) is 18.5. The summed E-state index contributed by atoms with van der Waals surface area (Å²) in [6.07, 6.45) is 3.15. The molecular weight excluding hydrogens is 392 g/mol. The van der Waals surface area contributed by atoms with Crippen molar-refractivity contribution in [1.29, 1.82) is 0 Å². The highest BCUT2D eigenvalue weighted by molar-refractivity contribution is 6.22. The Morgan fingerprint density at radius 3 is 2.55 bits per heavy atom. The van der Waals surface area contributed by atoms with Gasteiger partial charge in [-0.1, -0.05) is 36.4 Å². The third-order valence-electron chi connectivity index (χ3n) is 5.09. The highest BCUT2D eigenvalue weighted by atomic mass is 16.2. The van der Waals surface area contributed by atoms with Crippen LogP contribution < -0.4 is 10.2 Å². The zero-order chi connectivity index (χ0) is 21.8. The minimum absolute atomic E-state index is 0.137. The molecule has 1 aromatic heterocycles. The molecule has 0 saturated carbocycles. The van der Waals surface area contributed by atoms with Gasteiger partial charge in [-0.2, -0.15) is 0 Å². The Labute approximate surface area is 180 Å². The summed E-state index contributed by atoms with van der Waals surface area (Å²) in [7, 11) is 0. The first kappa shape index (κ1) is 20.3. The normalized spacial score (nSPS) is 16.0. The predicted octanol–water partition coefficient (Wildman–Crippen LogP) is 3.76. The van der Waals surface area contributed by atoms with Crippen LogP contribution in [0.3, 0.4) is 0 Å². The maximum atomic E-state index is 13.3. The van der Waals surface area contributed by atoms with Crippen LogP contribution in [0.5, 0.6) is 0 Å². The first-order valence-electron chi connectivity index (χ1n) is 9.98. The molecule has 1 fully saturated rings. The smallest absolute Gasteiger partial charge is 0.326 e. The lowest BCUT2D eigenvalue weighted by atomic mass is 10.1. The Hall–Kier alpha value is -4.00. The minimum Gasteiger partial charge on any atom is -0.326 e. The standard InChI is InChI=1S/C24H22N4O3/c1-17-7-5-11-20(13-17)28-23(30)21(14-22(29)26-19-9-3-2-4-10-19)27(24(28)31)16-18-8-6-12-25-15-18/h2-13,15,21H,14,16H2,1H3,(H,26,29)/t21-/m1/s1. The first-order chi connectivity index (χ1) is 15.0. The molecule has 2 aromatic carbocycles. The fraction of sp³-hybridized carbons (Fsp3) is 0.167. The number of imide groups is 1. The van der Waals surface area contributed by atoms with E-state index in [1.807, 2.05) is 37.3 Å². The summed E-state index contributed by atoms with van der Waals surface area (Å²) in [6.45, 7) is 2.08. The van der Waals surface area contributed by atoms with E-state index >= 15 is 0 Å². The van der Waals surface area contributed by atoms with Gasteiger partial charge in [0.05, 0.1) is 12.1 Å². The number of amides is 4. The highest BCUT2D eigenvalue weighted by Crippen LogP contribution is 2.29. The largest absolute Gasteiger partial charge is 0.332 e. The van der Waals surface area contributed by atoms with Crippen molar-refractivity contribution in [1.82, 2.24) is 9.88 Å². The molecule has 31 heavy (non-hydrogen) atoms. The molecule has 7 nitrogen and oxygen atoms in total. The van der Waals surface area contributed by atoms with Crippen molar-refractivity contribution in [3.8, 4) is 0 Å². The molecule has 0 unspecified atom stereocenters. The second kappa shape index (κ2) is 8.79. The molecule has 0 bridgehead atoms. The molecular formula is C24H22N4O3. The number of hydrogen-bond acceptors (Lipinski definition) is 4. The van der Waals surface area contributed by atoms with Crippen molar-refractivity contribution in [3.05, 3.63) is 90.3 Å². The molecule has 7 heteroatoms. The molecule has 1 saturated heterocycles. The van der Waals surface area contributed by atoms with Crippen LogP contribution in [0, 0.1) is 6.92 Å². The monoisotopic (exact) mass is 414 g/mol. The highest BCUT2D eigenvalue weighted by Gasteiger charge is 2.46. The average Bonchev–Trinajstić information content (AvgIpc) is 2.99. The van der Waals surface area contributed by atoms with Crippen molar-refractivity contribution in [2.75, 3.05) is 10.2 Å². The number of para-hydroxylation sites is 1. The van der Waals surface area contributed by atoms with Gasteiger partial charge in [0.25, 0.3) is 5.91 Å². The number of nitrogens with zero attached hydrogens (tertiary/aromatic N) is 3. The third-order valence-corrected chi connectivity index (χ3v) is 5.09. The lowest BCUT2D eigenvalue weighted by Gasteiger charge is -2.21. The number of carbonyl (C=O) groups excluding carboxylic acids is 3. The molecule has 156 valence electrons. The van der Waals surface area contributed by atoms with Crippen LogP contribution in [-0.4, -0.2) is 33.8 Å². The molecule has 2 heterocycles. The fourth-order valence-electron chi connectivity index (χ4n) is 3.62. The van der Waals surface area contributed by atoms with Crippen LogP contribution in [0.1, 0.15) is 17.5 Å². The van der Waals surface area contributed by atoms with Crippen LogP contribution in [0.15, 0.2) is 79.1 Å². The Bertz CT molecular complexity index is 1100. The maximum absolute atomic E-state index is 13.3. The van der Waals surface area contributed by atoms with Gasteiger partial charge >= 0.3 is 6.03 Å². The van der Waals surface area contributed by atoms with Gasteiger partial charge in [0.15, 0.2) is 0 Å². The number of hydrogen-bond donors (Lipinski definition) is 1. The van der Waals surface area contributed by atoms with E-state index in [1.165, 1.54) is 4.90 Å². The summed E-state index contributed by atoms with van der Waals surface area (Å²) in [4.78, 5) is 45.9. The van der Waals surface area contributed by atoms with Gasteiger partial charge in [-0.3, -0.25) is 14.6 Å². The summed E-state index contributed by atoms with van der Waals surface area (Å²) in [5, 5.41) is 2.79. The minimum atomic E-state index is -0.906. The number of aryl methyl sites for hydroxylation is 1. The van der Waals surface area contributed by atoms with E-state index in [0.29, 0.717) is 11.4 Å². The molecule has 4 amide bonds. The molecule has 1 N–H and O–H groups in total. The molecule has 1 atom stereocenters. The van der Waals surface area contributed by atoms with Crippen molar-refractivity contribution >= 4 is 29.2 Å². The molecule has 0 radical (unpaired) electrons. The summed E-state index contributed by atoms with van der Waals surface area (Å²) in [5.74, 6) is -0.748. The van der Waals surface area contributed by atoms with Crippen LogP contribution in [0.4, 0.5) is 16.2 Å². The van der Waals surface area contributed by atoms with Gasteiger partial charge in [-0.25, -0.2) is 9.69 Å². The van der Waals surface area contributed by atoms with Crippen molar-refractivity contribution in [2.45, 2.75) is 25.9 Å². The number of urea groups is 1. The van der Waals surface area contributed by atoms with Crippen LogP contribution in [0.2, 0.25) is 0 Å². The van der Waals surface area contributed by atoms with Gasteiger partial charge in [0.1, 0.15) is 6.04 Å². The van der Waals surface area contributed by atoms with E-state index in [9.17, 15) is 14.4 Å². The van der Waals surface area contributed by atoms with Gasteiger partial charge in [0, 0.05) is 24.6 Å². The van der Waals surface area contributed by atoms with Gasteiger partial charge in [-0.05, 0) is 48.4 Å². The second-order valence-corrected chi connectivity index (χ2v) is 7.42. The van der Waals surface area contributed by atoms with E-state index in [-0.39, 0.29) is 18.9 Å². The number of carbonyl (C=O) groups is 3. The number of rotatable bonds is 6. The van der Waals surface area contributed by atoms with E-state index < -0.39 is 18.0 Å². The molecule has 0 aliphatic carbocycles. The number of anilines is 2. The van der Waals surface area contributed by atoms with Crippen LogP contribution >= 0.6 is 0 Å². The summed E-state index contributed by atoms with van der Waals surface area (Å²) >= 11 is 0. The Balaban J connectivity index is 1.61. The zero-order valence-corrected chi connectivity index (χ0v) is 17.1. The topological polar surface area (TPSA) is 82.6 Å². The third kappa shape index (κ3) is 4.45. The Kier molecular flexibility index (Phi) is 5.75. The van der Waals surface area contributed by atoms with E-state index in [4.69, 9.17) is 0 Å². The maximum Gasteiger partial charge on any atom is 0.332 e. The lowest BCUT2D eigenvalue weighted by molar-refractivity contribution is -0.124. The SMILES string of the molecule is Cc1cccc(N2C(=O)[C@@H](CC(=O)Nc3ccccc3)N(Cc3cccnc3)C2=O)c1. The predicted molar refractivity (Wildman–Crippen MR) is 117 cm³/mol. The Morgan fingerprint density at radius 1 is 1.03 bits per heavy atom. The van der Waals surface area contributed by atoms with E-state index in [2.05, 4.69) is 10.3 Å². The quantitative estimate of drug-likeness (QED) is 0.623. The molecule has 1 aliphatic rings. The van der Waals surface area contributed by atoms with Gasteiger partial charge < -0.3 is 10.2 Å². The molecule has 4 rings (SSSR count). The number of pyridine rings is 1. The zero-order valence-electron chi connectivity index (χ0n) is 17.1. The summed E-state index contributed by atoms with van der Waals surface area (Å²) < 4.78 is 0. The van der Waals surface area contributed by atoms with Gasteiger partial charge in [-0.15, -0.1) is 0 Å². The second-order valence-electron chi connectivity index (χ2n) is 7.42. The van der Waals surface area contributed by atoms with Gasteiger partial charge in [0.2, 0.25) is 5.91 Å². The van der Waals surface area contributed by atoms with Crippen LogP contribution in [0.25, 0.3) is 0 Å². The lowest BCUT2D eigenvalue weighted by Crippen LogP contribution is -2.37. The molecule has 0 spiro atoms. The number of benzene rings is 2. The van der Waals surface area contributed by atoms with E-state index in [0.717, 1.165) is 16.0 Å². The number of nitrogens with one attached hydrogen (secondary N) is 1. The average molecular weight is 414 g/mol. The van der Waals surface area contributed by atoms with Crippen LogP contribution in [-0.2, 0) is 16.1 Å².